The molecule has 0 spiro atoms. The molecule has 0 aromatic heterocycles. The number of hydrogen-bond donors (Lipinski definition) is 2. The minimum atomic E-state index is 0.304. The Morgan fingerprint density at radius 1 is 1.10 bits per heavy atom. The topological polar surface area (TPSA) is 41.5 Å². The van der Waals surface area contributed by atoms with E-state index in [0.29, 0.717) is 12.5 Å². The molecule has 0 amide bonds. The summed E-state index contributed by atoms with van der Waals surface area (Å²) in [6.45, 7) is 7.41. The van der Waals surface area contributed by atoms with Crippen LogP contribution in [0.25, 0.3) is 0 Å². The Balaban J connectivity index is 2.15. The van der Waals surface area contributed by atoms with Crippen LogP contribution in [0.3, 0.4) is 0 Å². The van der Waals surface area contributed by atoms with E-state index in [1.165, 1.54) is 5.56 Å². The fraction of sp³-hybridized carbons (Fsp3) is 0.647. The summed E-state index contributed by atoms with van der Waals surface area (Å²) >= 11 is 0. The second kappa shape index (κ2) is 10.7. The molecule has 114 valence electrons. The Kier molecular flexibility index (Phi) is 9.09. The average Bonchev–Trinajstić information content (AvgIpc) is 2.44. The molecule has 20 heavy (non-hydrogen) atoms. The van der Waals surface area contributed by atoms with Gasteiger partial charge in [-0.15, -0.1) is 0 Å². The van der Waals surface area contributed by atoms with Crippen molar-refractivity contribution in [3.8, 4) is 5.75 Å². The number of ether oxygens (including phenoxy) is 1. The molecule has 0 radical (unpaired) electrons. The smallest absolute Gasteiger partial charge is 0.119 e. The monoisotopic (exact) mass is 279 g/mol. The molecule has 1 aromatic rings. The third-order valence-corrected chi connectivity index (χ3v) is 3.23. The molecule has 1 aromatic carbocycles. The van der Waals surface area contributed by atoms with E-state index in [4.69, 9.17) is 9.84 Å². The van der Waals surface area contributed by atoms with Crippen molar-refractivity contribution in [1.82, 2.24) is 5.32 Å². The maximum Gasteiger partial charge on any atom is 0.119 e. The first-order valence-electron chi connectivity index (χ1n) is 7.75. The van der Waals surface area contributed by atoms with E-state index in [0.717, 1.165) is 51.1 Å². The van der Waals surface area contributed by atoms with Crippen molar-refractivity contribution in [2.75, 3.05) is 19.8 Å². The fourth-order valence-corrected chi connectivity index (χ4v) is 1.89. The second-order valence-electron chi connectivity index (χ2n) is 5.64. The van der Waals surface area contributed by atoms with E-state index in [1.54, 1.807) is 0 Å². The van der Waals surface area contributed by atoms with Gasteiger partial charge in [0, 0.05) is 13.2 Å². The highest BCUT2D eigenvalue weighted by Crippen LogP contribution is 2.13. The van der Waals surface area contributed by atoms with Crippen LogP contribution in [0.2, 0.25) is 0 Å². The molecule has 0 fully saturated rings. The average molecular weight is 279 g/mol. The van der Waals surface area contributed by atoms with Gasteiger partial charge in [-0.2, -0.15) is 0 Å². The first-order chi connectivity index (χ1) is 9.72. The van der Waals surface area contributed by atoms with E-state index in [2.05, 4.69) is 31.3 Å². The molecule has 1 rings (SSSR count). The third-order valence-electron chi connectivity index (χ3n) is 3.23. The van der Waals surface area contributed by atoms with Gasteiger partial charge >= 0.3 is 0 Å². The van der Waals surface area contributed by atoms with Crippen LogP contribution in [0.1, 0.15) is 45.1 Å². The molecule has 0 saturated heterocycles. The lowest BCUT2D eigenvalue weighted by Gasteiger charge is -2.09. The van der Waals surface area contributed by atoms with Crippen LogP contribution in [0.5, 0.6) is 5.75 Å². The van der Waals surface area contributed by atoms with E-state index < -0.39 is 0 Å². The molecule has 0 atom stereocenters. The lowest BCUT2D eigenvalue weighted by Crippen LogP contribution is -2.14. The maximum atomic E-state index is 8.69. The van der Waals surface area contributed by atoms with Crippen molar-refractivity contribution in [2.45, 2.75) is 46.1 Å². The van der Waals surface area contributed by atoms with Crippen molar-refractivity contribution in [1.29, 1.82) is 0 Å². The highest BCUT2D eigenvalue weighted by molar-refractivity contribution is 5.27. The van der Waals surface area contributed by atoms with E-state index in [9.17, 15) is 0 Å². The summed E-state index contributed by atoms with van der Waals surface area (Å²) in [6, 6.07) is 8.32. The quantitative estimate of drug-likeness (QED) is 0.610. The molecule has 0 unspecified atom stereocenters. The summed E-state index contributed by atoms with van der Waals surface area (Å²) in [5.41, 5.74) is 1.28. The van der Waals surface area contributed by atoms with Crippen LogP contribution in [0, 0.1) is 5.92 Å². The molecular formula is C17H29NO2. The Bertz CT molecular complexity index is 335. The van der Waals surface area contributed by atoms with Gasteiger partial charge in [-0.05, 0) is 55.8 Å². The summed E-state index contributed by atoms with van der Waals surface area (Å²) in [5, 5.41) is 12.1. The number of nitrogens with one attached hydrogen (secondary N) is 1. The minimum absolute atomic E-state index is 0.304. The summed E-state index contributed by atoms with van der Waals surface area (Å²) in [7, 11) is 0. The van der Waals surface area contributed by atoms with Gasteiger partial charge < -0.3 is 15.2 Å². The molecule has 0 saturated carbocycles. The van der Waals surface area contributed by atoms with Gasteiger partial charge in [0.15, 0.2) is 0 Å². The molecule has 0 aliphatic rings. The van der Waals surface area contributed by atoms with E-state index in [-0.39, 0.29) is 0 Å². The maximum absolute atomic E-state index is 8.69. The van der Waals surface area contributed by atoms with Gasteiger partial charge in [-0.1, -0.05) is 26.0 Å². The van der Waals surface area contributed by atoms with Crippen LogP contribution in [-0.2, 0) is 6.54 Å². The Morgan fingerprint density at radius 3 is 2.50 bits per heavy atom. The van der Waals surface area contributed by atoms with E-state index in [1.807, 2.05) is 12.1 Å². The third kappa shape index (κ3) is 8.18. The van der Waals surface area contributed by atoms with Crippen LogP contribution < -0.4 is 10.1 Å². The molecule has 0 aliphatic heterocycles. The van der Waals surface area contributed by atoms with Gasteiger partial charge in [0.05, 0.1) is 6.61 Å². The number of rotatable bonds is 11. The number of hydrogen-bond acceptors (Lipinski definition) is 3. The second-order valence-corrected chi connectivity index (χ2v) is 5.64. The highest BCUT2D eigenvalue weighted by atomic mass is 16.5. The van der Waals surface area contributed by atoms with Gasteiger partial charge in [0.2, 0.25) is 0 Å². The van der Waals surface area contributed by atoms with Crippen molar-refractivity contribution < 1.29 is 9.84 Å². The van der Waals surface area contributed by atoms with Crippen molar-refractivity contribution in [2.24, 2.45) is 5.92 Å². The SMILES string of the molecule is CC(C)CCOc1ccc(CNCCCCCO)cc1. The summed E-state index contributed by atoms with van der Waals surface area (Å²) < 4.78 is 5.70. The summed E-state index contributed by atoms with van der Waals surface area (Å²) in [6.07, 6.45) is 4.21. The predicted molar refractivity (Wildman–Crippen MR) is 84.0 cm³/mol. The standard InChI is InChI=1S/C17H29NO2/c1-15(2)10-13-20-17-8-6-16(7-9-17)14-18-11-4-3-5-12-19/h6-9,15,18-19H,3-5,10-14H2,1-2H3. The molecule has 0 heterocycles. The van der Waals surface area contributed by atoms with Crippen LogP contribution in [0.4, 0.5) is 0 Å². The van der Waals surface area contributed by atoms with Crippen LogP contribution in [0.15, 0.2) is 24.3 Å². The lowest BCUT2D eigenvalue weighted by molar-refractivity contribution is 0.283. The first-order valence-corrected chi connectivity index (χ1v) is 7.75. The molecule has 0 bridgehead atoms. The largest absolute Gasteiger partial charge is 0.494 e. The van der Waals surface area contributed by atoms with Crippen LogP contribution >= 0.6 is 0 Å². The Labute approximate surface area is 123 Å². The normalized spacial score (nSPS) is 11.0. The number of benzene rings is 1. The lowest BCUT2D eigenvalue weighted by atomic mass is 10.1. The molecule has 3 nitrogen and oxygen atoms in total. The zero-order valence-electron chi connectivity index (χ0n) is 12.9. The number of unbranched alkanes of at least 4 members (excludes halogenated alkanes) is 2. The van der Waals surface area contributed by atoms with Crippen molar-refractivity contribution in [3.05, 3.63) is 29.8 Å². The van der Waals surface area contributed by atoms with E-state index >= 15 is 0 Å². The van der Waals surface area contributed by atoms with Gasteiger partial charge in [0.25, 0.3) is 0 Å². The fourth-order valence-electron chi connectivity index (χ4n) is 1.89. The Hall–Kier alpha value is -1.06. The Morgan fingerprint density at radius 2 is 1.85 bits per heavy atom. The van der Waals surface area contributed by atoms with Crippen LogP contribution in [-0.4, -0.2) is 24.9 Å². The zero-order valence-corrected chi connectivity index (χ0v) is 12.9. The van der Waals surface area contributed by atoms with Crippen molar-refractivity contribution >= 4 is 0 Å². The van der Waals surface area contributed by atoms with Gasteiger partial charge in [0.1, 0.15) is 5.75 Å². The minimum Gasteiger partial charge on any atom is -0.494 e. The van der Waals surface area contributed by atoms with Crippen molar-refractivity contribution in [3.63, 3.8) is 0 Å². The number of aliphatic hydroxyl groups excluding tert-OH is 1. The molecule has 2 N–H and O–H groups in total. The molecular weight excluding hydrogens is 250 g/mol. The highest BCUT2D eigenvalue weighted by Gasteiger charge is 1.98. The summed E-state index contributed by atoms with van der Waals surface area (Å²) in [4.78, 5) is 0. The van der Waals surface area contributed by atoms with Gasteiger partial charge in [-0.3, -0.25) is 0 Å². The molecule has 3 heteroatoms. The number of aliphatic hydroxyl groups is 1. The predicted octanol–water partition coefficient (Wildman–Crippen LogP) is 3.36. The first kappa shape index (κ1) is 17.0. The summed E-state index contributed by atoms with van der Waals surface area (Å²) in [5.74, 6) is 1.64. The zero-order chi connectivity index (χ0) is 14.6. The van der Waals surface area contributed by atoms with Gasteiger partial charge in [-0.25, -0.2) is 0 Å². The molecule has 0 aliphatic carbocycles.